The van der Waals surface area contributed by atoms with Crippen molar-refractivity contribution in [1.82, 2.24) is 4.90 Å². The number of benzene rings is 2. The van der Waals surface area contributed by atoms with E-state index in [-0.39, 0.29) is 24.5 Å². The van der Waals surface area contributed by atoms with Gasteiger partial charge in [0.05, 0.1) is 12.0 Å². The Morgan fingerprint density at radius 1 is 1.04 bits per heavy atom. The molecule has 3 aromatic rings. The summed E-state index contributed by atoms with van der Waals surface area (Å²) in [6.07, 6.45) is 0.485. The zero-order valence-electron chi connectivity index (χ0n) is 14.9. The van der Waals surface area contributed by atoms with E-state index in [4.69, 9.17) is 4.74 Å². The summed E-state index contributed by atoms with van der Waals surface area (Å²) in [5.74, 6) is 0.832. The van der Waals surface area contributed by atoms with Gasteiger partial charge in [0, 0.05) is 26.4 Å². The molecule has 3 rings (SSSR count). The zero-order chi connectivity index (χ0) is 18.5. The number of Topliss-reactive ketones (excluding diaryl/α,β-unsaturated/α-hetero) is 1. The molecule has 1 heterocycles. The first kappa shape index (κ1) is 18.1. The lowest BCUT2D eigenvalue weighted by atomic mass is 10.1. The van der Waals surface area contributed by atoms with E-state index in [0.717, 1.165) is 22.1 Å². The van der Waals surface area contributed by atoms with Gasteiger partial charge in [0.2, 0.25) is 5.91 Å². The van der Waals surface area contributed by atoms with Crippen molar-refractivity contribution in [2.24, 2.45) is 0 Å². The summed E-state index contributed by atoms with van der Waals surface area (Å²) in [7, 11) is 3.43. The lowest BCUT2D eigenvalue weighted by Gasteiger charge is -2.17. The van der Waals surface area contributed by atoms with Gasteiger partial charge in [-0.15, -0.1) is 11.3 Å². The van der Waals surface area contributed by atoms with Crippen LogP contribution in [-0.4, -0.2) is 30.7 Å². The normalized spacial score (nSPS) is 10.7. The number of fused-ring (bicyclic) bond motifs is 1. The van der Waals surface area contributed by atoms with Crippen LogP contribution in [0, 0.1) is 0 Å². The maximum atomic E-state index is 12.3. The van der Waals surface area contributed by atoms with Crippen LogP contribution in [-0.2, 0) is 11.3 Å². The molecule has 4 nitrogen and oxygen atoms in total. The van der Waals surface area contributed by atoms with Crippen molar-refractivity contribution < 1.29 is 14.3 Å². The van der Waals surface area contributed by atoms with Crippen molar-refractivity contribution in [1.29, 1.82) is 0 Å². The van der Waals surface area contributed by atoms with Gasteiger partial charge in [-0.25, -0.2) is 0 Å². The topological polar surface area (TPSA) is 46.6 Å². The fourth-order valence-corrected chi connectivity index (χ4v) is 3.53. The first-order valence-corrected chi connectivity index (χ1v) is 9.32. The predicted molar refractivity (Wildman–Crippen MR) is 105 cm³/mol. The van der Waals surface area contributed by atoms with Gasteiger partial charge in [0.15, 0.2) is 5.78 Å². The Labute approximate surface area is 157 Å². The third kappa shape index (κ3) is 4.29. The Balaban J connectivity index is 1.59. The Morgan fingerprint density at radius 3 is 2.54 bits per heavy atom. The molecule has 0 spiro atoms. The van der Waals surface area contributed by atoms with Crippen LogP contribution in [0.4, 0.5) is 0 Å². The SMILES string of the molecule is COc1ccc2cc(CN(C)C(=O)CCC(=O)c3cccs3)ccc2c1. The molecule has 0 bridgehead atoms. The van der Waals surface area contributed by atoms with Crippen LogP contribution in [0.2, 0.25) is 0 Å². The second kappa shape index (κ2) is 8.15. The third-order valence-corrected chi connectivity index (χ3v) is 5.23. The number of methoxy groups -OCH3 is 1. The number of ketones is 1. The number of hydrogen-bond donors (Lipinski definition) is 0. The van der Waals surface area contributed by atoms with E-state index in [0.29, 0.717) is 11.4 Å². The average Bonchev–Trinajstić information content (AvgIpc) is 3.20. The van der Waals surface area contributed by atoms with Crippen molar-refractivity contribution >= 4 is 33.8 Å². The lowest BCUT2D eigenvalue weighted by Crippen LogP contribution is -2.26. The highest BCUT2D eigenvalue weighted by Gasteiger charge is 2.14. The van der Waals surface area contributed by atoms with Crippen molar-refractivity contribution in [3.05, 3.63) is 64.4 Å². The van der Waals surface area contributed by atoms with Crippen molar-refractivity contribution in [3.8, 4) is 5.75 Å². The molecule has 5 heteroatoms. The number of ether oxygens (including phenoxy) is 1. The Kier molecular flexibility index (Phi) is 5.68. The number of carbonyl (C=O) groups is 2. The summed E-state index contributed by atoms with van der Waals surface area (Å²) in [4.78, 5) is 26.7. The van der Waals surface area contributed by atoms with Crippen LogP contribution in [0.25, 0.3) is 10.8 Å². The predicted octanol–water partition coefficient (Wildman–Crippen LogP) is 4.53. The number of hydrogen-bond acceptors (Lipinski definition) is 4. The van der Waals surface area contributed by atoms with Gasteiger partial charge in [0.25, 0.3) is 0 Å². The van der Waals surface area contributed by atoms with Gasteiger partial charge in [-0.3, -0.25) is 9.59 Å². The minimum Gasteiger partial charge on any atom is -0.497 e. The Bertz CT molecular complexity index is 918. The summed E-state index contributed by atoms with van der Waals surface area (Å²) in [5.41, 5.74) is 1.06. The second-order valence-electron chi connectivity index (χ2n) is 6.20. The quantitative estimate of drug-likeness (QED) is 0.576. The maximum absolute atomic E-state index is 12.3. The molecule has 1 aromatic heterocycles. The molecule has 26 heavy (non-hydrogen) atoms. The van der Waals surface area contributed by atoms with Crippen molar-refractivity contribution in [2.45, 2.75) is 19.4 Å². The van der Waals surface area contributed by atoms with Crippen LogP contribution in [0.1, 0.15) is 28.1 Å². The summed E-state index contributed by atoms with van der Waals surface area (Å²) < 4.78 is 5.24. The Hall–Kier alpha value is -2.66. The van der Waals surface area contributed by atoms with E-state index >= 15 is 0 Å². The van der Waals surface area contributed by atoms with E-state index in [1.54, 1.807) is 25.1 Å². The molecular weight excluding hydrogens is 346 g/mol. The summed E-state index contributed by atoms with van der Waals surface area (Å²) in [6, 6.07) is 15.7. The van der Waals surface area contributed by atoms with E-state index in [9.17, 15) is 9.59 Å². The smallest absolute Gasteiger partial charge is 0.223 e. The second-order valence-corrected chi connectivity index (χ2v) is 7.15. The highest BCUT2D eigenvalue weighted by atomic mass is 32.1. The summed E-state index contributed by atoms with van der Waals surface area (Å²) in [5, 5.41) is 4.08. The van der Waals surface area contributed by atoms with Gasteiger partial charge in [0.1, 0.15) is 5.75 Å². The number of carbonyl (C=O) groups excluding carboxylic acids is 2. The van der Waals surface area contributed by atoms with E-state index < -0.39 is 0 Å². The molecular formula is C21H21NO3S. The number of thiophene rings is 1. The molecule has 1 amide bonds. The standard InChI is InChI=1S/C21H21NO3S/c1-22(21(24)10-9-19(23)20-4-3-11-26-20)14-15-5-6-17-13-18(25-2)8-7-16(17)12-15/h3-8,11-13H,9-10,14H2,1-2H3. The van der Waals surface area contributed by atoms with Crippen molar-refractivity contribution in [3.63, 3.8) is 0 Å². The fraction of sp³-hybridized carbons (Fsp3) is 0.238. The molecule has 0 fully saturated rings. The molecule has 0 saturated carbocycles. The van der Waals surface area contributed by atoms with Crippen LogP contribution in [0.15, 0.2) is 53.9 Å². The number of nitrogens with zero attached hydrogens (tertiary/aromatic N) is 1. The zero-order valence-corrected chi connectivity index (χ0v) is 15.7. The summed E-state index contributed by atoms with van der Waals surface area (Å²) >= 11 is 1.41. The molecule has 0 aliphatic rings. The van der Waals surface area contributed by atoms with Crippen LogP contribution in [0.3, 0.4) is 0 Å². The van der Waals surface area contributed by atoms with Gasteiger partial charge in [-0.2, -0.15) is 0 Å². The van der Waals surface area contributed by atoms with Crippen LogP contribution in [0.5, 0.6) is 5.75 Å². The average molecular weight is 367 g/mol. The number of rotatable bonds is 7. The molecule has 0 saturated heterocycles. The third-order valence-electron chi connectivity index (χ3n) is 4.32. The monoisotopic (exact) mass is 367 g/mol. The molecule has 0 atom stereocenters. The molecule has 134 valence electrons. The number of amides is 1. The van der Waals surface area contributed by atoms with Crippen LogP contribution >= 0.6 is 11.3 Å². The van der Waals surface area contributed by atoms with Gasteiger partial charge < -0.3 is 9.64 Å². The molecule has 0 unspecified atom stereocenters. The maximum Gasteiger partial charge on any atom is 0.223 e. The minimum absolute atomic E-state index is 0.0234. The first-order valence-electron chi connectivity index (χ1n) is 8.44. The molecule has 0 radical (unpaired) electrons. The van der Waals surface area contributed by atoms with Gasteiger partial charge in [-0.05, 0) is 46.0 Å². The largest absolute Gasteiger partial charge is 0.497 e. The van der Waals surface area contributed by atoms with Crippen molar-refractivity contribution in [2.75, 3.05) is 14.2 Å². The van der Waals surface area contributed by atoms with Gasteiger partial charge >= 0.3 is 0 Å². The summed E-state index contributed by atoms with van der Waals surface area (Å²) in [6.45, 7) is 0.522. The van der Waals surface area contributed by atoms with E-state index in [1.165, 1.54) is 11.3 Å². The fourth-order valence-electron chi connectivity index (χ4n) is 2.83. The van der Waals surface area contributed by atoms with E-state index in [2.05, 4.69) is 6.07 Å². The first-order chi connectivity index (χ1) is 12.6. The molecule has 0 aliphatic heterocycles. The molecule has 0 N–H and O–H groups in total. The van der Waals surface area contributed by atoms with Gasteiger partial charge in [-0.1, -0.05) is 24.3 Å². The molecule has 0 aliphatic carbocycles. The van der Waals surface area contributed by atoms with E-state index in [1.807, 2.05) is 41.8 Å². The van der Waals surface area contributed by atoms with Crippen LogP contribution < -0.4 is 4.74 Å². The molecule has 2 aromatic carbocycles. The highest BCUT2D eigenvalue weighted by molar-refractivity contribution is 7.12. The minimum atomic E-state index is -0.0234. The lowest BCUT2D eigenvalue weighted by molar-refractivity contribution is -0.130. The highest BCUT2D eigenvalue weighted by Crippen LogP contribution is 2.22. The Morgan fingerprint density at radius 2 is 1.81 bits per heavy atom.